The molecule has 2 aromatic rings. The number of isocyanates is 1. The largest absolute Gasteiger partial charge is 0.505 e. The van der Waals surface area contributed by atoms with E-state index in [0.29, 0.717) is 6.42 Å². The molecule has 0 saturated carbocycles. The molecule has 8 heteroatoms. The highest BCUT2D eigenvalue weighted by atomic mass is 16.3. The Labute approximate surface area is 118 Å². The van der Waals surface area contributed by atoms with Crippen LogP contribution in [0.25, 0.3) is 10.8 Å². The van der Waals surface area contributed by atoms with Crippen molar-refractivity contribution in [3.05, 3.63) is 34.5 Å². The minimum absolute atomic E-state index is 0.160. The van der Waals surface area contributed by atoms with Gasteiger partial charge < -0.3 is 15.4 Å². The van der Waals surface area contributed by atoms with E-state index >= 15 is 0 Å². The van der Waals surface area contributed by atoms with Crippen LogP contribution in [-0.4, -0.2) is 40.2 Å². The third-order valence-electron chi connectivity index (χ3n) is 2.81. The number of hydrogen-bond donors (Lipinski definition) is 3. The van der Waals surface area contributed by atoms with Gasteiger partial charge in [0.2, 0.25) is 6.08 Å². The van der Waals surface area contributed by atoms with Gasteiger partial charge in [0.1, 0.15) is 0 Å². The van der Waals surface area contributed by atoms with Gasteiger partial charge in [-0.25, -0.2) is 14.8 Å². The summed E-state index contributed by atoms with van der Waals surface area (Å²) in [5.41, 5.74) is -0.555. The Morgan fingerprint density at radius 1 is 1.48 bits per heavy atom. The summed E-state index contributed by atoms with van der Waals surface area (Å²) in [6, 6.07) is 1.49. The van der Waals surface area contributed by atoms with Gasteiger partial charge in [-0.3, -0.25) is 9.59 Å². The zero-order valence-electron chi connectivity index (χ0n) is 10.9. The topological polar surface area (TPSA) is 125 Å². The van der Waals surface area contributed by atoms with Crippen LogP contribution in [0.5, 0.6) is 5.75 Å². The second kappa shape index (κ2) is 6.44. The summed E-state index contributed by atoms with van der Waals surface area (Å²) in [4.78, 5) is 42.9. The maximum atomic E-state index is 11.9. The van der Waals surface area contributed by atoms with Crippen molar-refractivity contribution in [2.45, 2.75) is 6.42 Å². The number of aromatic amines is 1. The average molecular weight is 288 g/mol. The van der Waals surface area contributed by atoms with Crippen LogP contribution in [-0.2, 0) is 4.79 Å². The van der Waals surface area contributed by atoms with E-state index in [9.17, 15) is 19.5 Å². The van der Waals surface area contributed by atoms with Crippen LogP contribution in [0.3, 0.4) is 0 Å². The summed E-state index contributed by atoms with van der Waals surface area (Å²) in [6.07, 6.45) is 4.48. The van der Waals surface area contributed by atoms with Crippen molar-refractivity contribution in [3.63, 3.8) is 0 Å². The number of aromatic hydroxyl groups is 1. The number of fused-ring (bicyclic) bond motifs is 1. The molecule has 0 atom stereocenters. The van der Waals surface area contributed by atoms with Crippen molar-refractivity contribution in [3.8, 4) is 5.75 Å². The van der Waals surface area contributed by atoms with Crippen LogP contribution in [0.4, 0.5) is 0 Å². The minimum atomic E-state index is -0.565. The molecule has 0 aliphatic carbocycles. The molecule has 108 valence electrons. The van der Waals surface area contributed by atoms with Gasteiger partial charge in [-0.1, -0.05) is 0 Å². The van der Waals surface area contributed by atoms with Crippen LogP contribution >= 0.6 is 0 Å². The highest BCUT2D eigenvalue weighted by Gasteiger charge is 2.16. The summed E-state index contributed by atoms with van der Waals surface area (Å²) in [5, 5.41) is 13.0. The first-order valence-electron chi connectivity index (χ1n) is 6.16. The Hall–Kier alpha value is -2.99. The van der Waals surface area contributed by atoms with Crippen molar-refractivity contribution in [2.24, 2.45) is 4.99 Å². The first kappa shape index (κ1) is 14.4. The fourth-order valence-electron chi connectivity index (χ4n) is 1.80. The zero-order valence-corrected chi connectivity index (χ0v) is 10.9. The third kappa shape index (κ3) is 3.13. The lowest BCUT2D eigenvalue weighted by molar-refractivity contribution is 0.0946. The van der Waals surface area contributed by atoms with E-state index < -0.39 is 11.5 Å². The van der Waals surface area contributed by atoms with E-state index in [4.69, 9.17) is 0 Å². The number of nitrogens with one attached hydrogen (secondary N) is 2. The smallest absolute Gasteiger partial charge is 0.273 e. The lowest BCUT2D eigenvalue weighted by atomic mass is 10.1. The number of nitrogens with zero attached hydrogens (tertiary/aromatic N) is 2. The molecule has 1 amide bonds. The second-order valence-electron chi connectivity index (χ2n) is 4.17. The molecular weight excluding hydrogens is 276 g/mol. The van der Waals surface area contributed by atoms with Crippen molar-refractivity contribution in [1.82, 2.24) is 15.3 Å². The molecule has 0 aromatic carbocycles. The number of aliphatic imine (C=N–C) groups is 1. The Bertz CT molecular complexity index is 777. The Kier molecular flexibility index (Phi) is 4.43. The maximum absolute atomic E-state index is 11.9. The third-order valence-corrected chi connectivity index (χ3v) is 2.81. The predicted molar refractivity (Wildman–Crippen MR) is 74.0 cm³/mol. The molecule has 3 N–H and O–H groups in total. The molecule has 0 saturated heterocycles. The van der Waals surface area contributed by atoms with E-state index in [1.54, 1.807) is 0 Å². The molecule has 2 heterocycles. The van der Waals surface area contributed by atoms with Crippen molar-refractivity contribution in [2.75, 3.05) is 13.1 Å². The van der Waals surface area contributed by atoms with Gasteiger partial charge in [-0.15, -0.1) is 0 Å². The van der Waals surface area contributed by atoms with Gasteiger partial charge in [0.05, 0.1) is 11.9 Å². The van der Waals surface area contributed by atoms with E-state index in [1.165, 1.54) is 24.5 Å². The molecule has 2 aromatic heterocycles. The van der Waals surface area contributed by atoms with Crippen LogP contribution in [0.15, 0.2) is 28.2 Å². The Morgan fingerprint density at radius 3 is 3.05 bits per heavy atom. The van der Waals surface area contributed by atoms with Crippen LogP contribution in [0.1, 0.15) is 16.9 Å². The molecule has 0 aliphatic rings. The first-order valence-corrected chi connectivity index (χ1v) is 6.16. The molecule has 2 rings (SSSR count). The SMILES string of the molecule is O=C=NCCCNC(=O)c1ncc2c(=O)[nH]ccc2c1O. The number of H-pyrrole nitrogens is 1. The van der Waals surface area contributed by atoms with E-state index in [2.05, 4.69) is 20.3 Å². The molecule has 0 radical (unpaired) electrons. The lowest BCUT2D eigenvalue weighted by Gasteiger charge is -2.07. The number of carbonyl (C=O) groups excluding carboxylic acids is 2. The summed E-state index contributed by atoms with van der Waals surface area (Å²) in [7, 11) is 0. The van der Waals surface area contributed by atoms with Crippen LogP contribution in [0, 0.1) is 0 Å². The number of aromatic nitrogens is 2. The first-order chi connectivity index (χ1) is 10.1. The van der Waals surface area contributed by atoms with E-state index in [-0.39, 0.29) is 35.3 Å². The predicted octanol–water partition coefficient (Wildman–Crippen LogP) is 0.0844. The molecule has 0 fully saturated rings. The summed E-state index contributed by atoms with van der Waals surface area (Å²) >= 11 is 0. The molecule has 0 unspecified atom stereocenters. The lowest BCUT2D eigenvalue weighted by Crippen LogP contribution is -2.26. The van der Waals surface area contributed by atoms with E-state index in [1.807, 2.05) is 0 Å². The molecule has 21 heavy (non-hydrogen) atoms. The average Bonchev–Trinajstić information content (AvgIpc) is 2.48. The zero-order chi connectivity index (χ0) is 15.2. The van der Waals surface area contributed by atoms with Gasteiger partial charge in [-0.2, -0.15) is 0 Å². The summed E-state index contributed by atoms with van der Waals surface area (Å²) in [5.74, 6) is -0.910. The highest BCUT2D eigenvalue weighted by Crippen LogP contribution is 2.24. The Balaban J connectivity index is 2.18. The molecule has 0 aliphatic heterocycles. The fourth-order valence-corrected chi connectivity index (χ4v) is 1.80. The molecule has 0 spiro atoms. The molecule has 0 bridgehead atoms. The number of hydrogen-bond acceptors (Lipinski definition) is 6. The van der Waals surface area contributed by atoms with Gasteiger partial charge in [0.25, 0.3) is 11.5 Å². The van der Waals surface area contributed by atoms with Gasteiger partial charge >= 0.3 is 0 Å². The molecular formula is C13H12N4O4. The maximum Gasteiger partial charge on any atom is 0.273 e. The van der Waals surface area contributed by atoms with Crippen molar-refractivity contribution in [1.29, 1.82) is 0 Å². The van der Waals surface area contributed by atoms with Gasteiger partial charge in [0, 0.05) is 24.3 Å². The molecule has 8 nitrogen and oxygen atoms in total. The van der Waals surface area contributed by atoms with Crippen LogP contribution < -0.4 is 10.9 Å². The van der Waals surface area contributed by atoms with Crippen LogP contribution in [0.2, 0.25) is 0 Å². The minimum Gasteiger partial charge on any atom is -0.505 e. The highest BCUT2D eigenvalue weighted by molar-refractivity contribution is 6.01. The quantitative estimate of drug-likeness (QED) is 0.408. The number of amides is 1. The monoisotopic (exact) mass is 288 g/mol. The Morgan fingerprint density at radius 2 is 2.29 bits per heavy atom. The number of carbonyl (C=O) groups is 1. The normalized spacial score (nSPS) is 10.1. The number of pyridine rings is 2. The van der Waals surface area contributed by atoms with Crippen molar-refractivity contribution >= 4 is 22.8 Å². The fraction of sp³-hybridized carbons (Fsp3) is 0.231. The second-order valence-corrected chi connectivity index (χ2v) is 4.17. The summed E-state index contributed by atoms with van der Waals surface area (Å²) < 4.78 is 0. The van der Waals surface area contributed by atoms with Gasteiger partial charge in [-0.05, 0) is 12.5 Å². The van der Waals surface area contributed by atoms with Gasteiger partial charge in [0.15, 0.2) is 11.4 Å². The van der Waals surface area contributed by atoms with E-state index in [0.717, 1.165) is 0 Å². The van der Waals surface area contributed by atoms with Crippen molar-refractivity contribution < 1.29 is 14.7 Å². The summed E-state index contributed by atoms with van der Waals surface area (Å²) in [6.45, 7) is 0.537. The standard InChI is InChI=1S/C13H12N4O4/c18-7-14-3-1-4-15-13(21)10-11(19)8-2-5-16-12(20)9(8)6-17-10/h2,5-6,19H,1,3-4H2,(H,15,21)(H,16,20). The number of rotatable bonds is 5.